The van der Waals surface area contributed by atoms with Crippen molar-refractivity contribution in [1.82, 2.24) is 4.90 Å². The van der Waals surface area contributed by atoms with Crippen LogP contribution in [-0.2, 0) is 14.3 Å². The smallest absolute Gasteiger partial charge is 0.295 e. The summed E-state index contributed by atoms with van der Waals surface area (Å²) in [7, 11) is 1.55. The summed E-state index contributed by atoms with van der Waals surface area (Å²) in [5.74, 6) is 0.0428. The first-order valence-electron chi connectivity index (χ1n) is 12.3. The average molecular weight is 498 g/mol. The van der Waals surface area contributed by atoms with Crippen LogP contribution in [0.1, 0.15) is 51.3 Å². The summed E-state index contributed by atoms with van der Waals surface area (Å²) in [6.07, 6.45) is 0.602. The van der Waals surface area contributed by atoms with Crippen LogP contribution < -0.4 is 14.2 Å². The summed E-state index contributed by atoms with van der Waals surface area (Å²) in [5.41, 5.74) is 1.08. The van der Waals surface area contributed by atoms with Gasteiger partial charge in [0.25, 0.3) is 11.7 Å². The Morgan fingerprint density at radius 3 is 2.31 bits per heavy atom. The monoisotopic (exact) mass is 497 g/mol. The molecule has 1 heterocycles. The molecule has 2 aromatic carbocycles. The highest BCUT2D eigenvalue weighted by Crippen LogP contribution is 2.42. The molecule has 0 saturated carbocycles. The summed E-state index contributed by atoms with van der Waals surface area (Å²) in [6.45, 7) is 9.28. The SMILES string of the molecule is CCOc1ccc(/C(O)=C2/C(=O)C(=O)N(CCCOC(C)C)C2c2ccc(OC)c(OCC)c2)cc1. The van der Waals surface area contributed by atoms with Crippen LogP contribution in [0.4, 0.5) is 0 Å². The largest absolute Gasteiger partial charge is 0.507 e. The van der Waals surface area contributed by atoms with Crippen LogP contribution in [0.2, 0.25) is 0 Å². The third-order valence-corrected chi connectivity index (χ3v) is 5.78. The predicted molar refractivity (Wildman–Crippen MR) is 136 cm³/mol. The average Bonchev–Trinajstić information content (AvgIpc) is 3.12. The van der Waals surface area contributed by atoms with E-state index < -0.39 is 17.7 Å². The zero-order valence-electron chi connectivity index (χ0n) is 21.6. The van der Waals surface area contributed by atoms with E-state index in [1.165, 1.54) is 4.90 Å². The van der Waals surface area contributed by atoms with E-state index in [0.29, 0.717) is 54.6 Å². The number of likely N-dealkylation sites (tertiary alicyclic amines) is 1. The fourth-order valence-corrected chi connectivity index (χ4v) is 4.17. The number of nitrogens with zero attached hydrogens (tertiary/aromatic N) is 1. The minimum absolute atomic E-state index is 0.0292. The molecular weight excluding hydrogens is 462 g/mol. The highest BCUT2D eigenvalue weighted by Gasteiger charge is 2.46. The van der Waals surface area contributed by atoms with E-state index in [4.69, 9.17) is 18.9 Å². The van der Waals surface area contributed by atoms with Crippen molar-refractivity contribution in [2.45, 2.75) is 46.3 Å². The molecule has 1 aliphatic heterocycles. The maximum Gasteiger partial charge on any atom is 0.295 e. The maximum absolute atomic E-state index is 13.2. The van der Waals surface area contributed by atoms with E-state index in [9.17, 15) is 14.7 Å². The normalized spacial score (nSPS) is 17.1. The van der Waals surface area contributed by atoms with Gasteiger partial charge in [0.05, 0.1) is 38.0 Å². The summed E-state index contributed by atoms with van der Waals surface area (Å²) >= 11 is 0. The van der Waals surface area contributed by atoms with Gasteiger partial charge in [0.15, 0.2) is 11.5 Å². The van der Waals surface area contributed by atoms with Crippen LogP contribution in [-0.4, -0.2) is 61.3 Å². The molecule has 1 N–H and O–H groups in total. The minimum atomic E-state index is -0.791. The number of ketones is 1. The summed E-state index contributed by atoms with van der Waals surface area (Å²) in [6, 6.07) is 11.2. The highest BCUT2D eigenvalue weighted by atomic mass is 16.5. The molecular formula is C28H35NO7. The molecule has 0 spiro atoms. The third-order valence-electron chi connectivity index (χ3n) is 5.78. The molecule has 2 aromatic rings. The molecule has 0 radical (unpaired) electrons. The van der Waals surface area contributed by atoms with Crippen LogP contribution in [0, 0.1) is 0 Å². The fourth-order valence-electron chi connectivity index (χ4n) is 4.17. The number of methoxy groups -OCH3 is 1. The zero-order chi connectivity index (χ0) is 26.2. The molecule has 36 heavy (non-hydrogen) atoms. The van der Waals surface area contributed by atoms with Gasteiger partial charge in [-0.3, -0.25) is 9.59 Å². The van der Waals surface area contributed by atoms with E-state index in [0.717, 1.165) is 0 Å². The zero-order valence-corrected chi connectivity index (χ0v) is 21.6. The maximum atomic E-state index is 13.2. The first kappa shape index (κ1) is 27.1. The van der Waals surface area contributed by atoms with Crippen molar-refractivity contribution in [2.24, 2.45) is 0 Å². The van der Waals surface area contributed by atoms with Crippen LogP contribution in [0.5, 0.6) is 17.2 Å². The van der Waals surface area contributed by atoms with E-state index in [1.54, 1.807) is 49.6 Å². The number of rotatable bonds is 12. The molecule has 1 amide bonds. The number of ether oxygens (including phenoxy) is 4. The Morgan fingerprint density at radius 1 is 1.00 bits per heavy atom. The number of aliphatic hydroxyl groups is 1. The van der Waals surface area contributed by atoms with Gasteiger partial charge in [0.1, 0.15) is 11.5 Å². The van der Waals surface area contributed by atoms with Crippen molar-refractivity contribution in [3.05, 3.63) is 59.2 Å². The molecule has 0 aliphatic carbocycles. The first-order chi connectivity index (χ1) is 17.3. The highest BCUT2D eigenvalue weighted by molar-refractivity contribution is 6.46. The van der Waals surface area contributed by atoms with Crippen molar-refractivity contribution in [2.75, 3.05) is 33.5 Å². The molecule has 8 nitrogen and oxygen atoms in total. The van der Waals surface area contributed by atoms with Crippen LogP contribution in [0.15, 0.2) is 48.0 Å². The minimum Gasteiger partial charge on any atom is -0.507 e. The Labute approximate surface area is 212 Å². The molecule has 1 unspecified atom stereocenters. The van der Waals surface area contributed by atoms with Crippen LogP contribution in [0.25, 0.3) is 5.76 Å². The van der Waals surface area contributed by atoms with Gasteiger partial charge in [-0.25, -0.2) is 0 Å². The number of hydrogen-bond donors (Lipinski definition) is 1. The molecule has 0 bridgehead atoms. The molecule has 1 fully saturated rings. The lowest BCUT2D eigenvalue weighted by Crippen LogP contribution is -2.31. The third kappa shape index (κ3) is 5.99. The number of aliphatic hydroxyl groups excluding tert-OH is 1. The molecule has 8 heteroatoms. The van der Waals surface area contributed by atoms with E-state index in [1.807, 2.05) is 27.7 Å². The van der Waals surface area contributed by atoms with E-state index in [-0.39, 0.29) is 24.0 Å². The van der Waals surface area contributed by atoms with Crippen LogP contribution >= 0.6 is 0 Å². The summed E-state index contributed by atoms with van der Waals surface area (Å²) in [4.78, 5) is 27.9. The number of Topliss-reactive ketones (excluding diaryl/α,β-unsaturated/α-hetero) is 1. The fraction of sp³-hybridized carbons (Fsp3) is 0.429. The van der Waals surface area contributed by atoms with Crippen molar-refractivity contribution >= 4 is 17.4 Å². The molecule has 1 saturated heterocycles. The van der Waals surface area contributed by atoms with Gasteiger partial charge >= 0.3 is 0 Å². The van der Waals surface area contributed by atoms with Crippen molar-refractivity contribution < 1.29 is 33.6 Å². The predicted octanol–water partition coefficient (Wildman–Crippen LogP) is 4.73. The first-order valence-corrected chi connectivity index (χ1v) is 12.3. The van der Waals surface area contributed by atoms with Crippen molar-refractivity contribution in [3.63, 3.8) is 0 Å². The van der Waals surface area contributed by atoms with Crippen molar-refractivity contribution in [1.29, 1.82) is 0 Å². The Hall–Kier alpha value is -3.52. The lowest BCUT2D eigenvalue weighted by molar-refractivity contribution is -0.140. The van der Waals surface area contributed by atoms with Gasteiger partial charge in [0.2, 0.25) is 0 Å². The molecule has 0 aromatic heterocycles. The number of benzene rings is 2. The van der Waals surface area contributed by atoms with Gasteiger partial charge in [-0.15, -0.1) is 0 Å². The van der Waals surface area contributed by atoms with Gasteiger partial charge in [-0.2, -0.15) is 0 Å². The number of carbonyl (C=O) groups is 2. The Kier molecular flexibility index (Phi) is 9.36. The lowest BCUT2D eigenvalue weighted by atomic mass is 9.95. The number of carbonyl (C=O) groups excluding carboxylic acids is 2. The molecule has 194 valence electrons. The van der Waals surface area contributed by atoms with E-state index >= 15 is 0 Å². The van der Waals surface area contributed by atoms with Gasteiger partial charge < -0.3 is 29.0 Å². The topological polar surface area (TPSA) is 94.5 Å². The van der Waals surface area contributed by atoms with Crippen LogP contribution in [0.3, 0.4) is 0 Å². The quantitative estimate of drug-likeness (QED) is 0.196. The Balaban J connectivity index is 2.08. The molecule has 3 rings (SSSR count). The molecule has 1 atom stereocenters. The van der Waals surface area contributed by atoms with Crippen molar-refractivity contribution in [3.8, 4) is 17.2 Å². The van der Waals surface area contributed by atoms with Gasteiger partial charge in [-0.1, -0.05) is 6.07 Å². The second-order valence-corrected chi connectivity index (χ2v) is 8.57. The summed E-state index contributed by atoms with van der Waals surface area (Å²) in [5, 5.41) is 11.3. The number of hydrogen-bond acceptors (Lipinski definition) is 7. The molecule has 1 aliphatic rings. The van der Waals surface area contributed by atoms with Gasteiger partial charge in [0, 0.05) is 18.7 Å². The second-order valence-electron chi connectivity index (χ2n) is 8.57. The lowest BCUT2D eigenvalue weighted by Gasteiger charge is -2.26. The van der Waals surface area contributed by atoms with E-state index in [2.05, 4.69) is 0 Å². The Morgan fingerprint density at radius 2 is 1.69 bits per heavy atom. The second kappa shape index (κ2) is 12.4. The Bertz CT molecular complexity index is 1090. The number of amides is 1. The summed E-state index contributed by atoms with van der Waals surface area (Å²) < 4.78 is 22.2. The standard InChI is InChI=1S/C28H35NO7/c1-6-34-21-12-9-19(10-13-21)26(30)24-25(20-11-14-22(33-5)23(17-20)35-7-2)29(28(32)27(24)31)15-8-16-36-18(3)4/h9-14,17-18,25,30H,6-8,15-16H2,1-5H3/b26-24-. The van der Waals surface area contributed by atoms with Gasteiger partial charge in [-0.05, 0) is 76.1 Å².